The van der Waals surface area contributed by atoms with E-state index >= 15 is 0 Å². The van der Waals surface area contributed by atoms with Gasteiger partial charge in [-0.15, -0.1) is 0 Å². The van der Waals surface area contributed by atoms with Gasteiger partial charge >= 0.3 is 0 Å². The molecule has 36 heavy (non-hydrogen) atoms. The van der Waals surface area contributed by atoms with Crippen LogP contribution in [-0.4, -0.2) is 28.6 Å². The van der Waals surface area contributed by atoms with E-state index in [2.05, 4.69) is 21.2 Å². The maximum atomic E-state index is 12.8. The first-order valence-corrected chi connectivity index (χ1v) is 13.0. The molecule has 3 aromatic carbocycles. The molecule has 1 aliphatic heterocycles. The van der Waals surface area contributed by atoms with Crippen LogP contribution in [0.15, 0.2) is 70.0 Å². The van der Waals surface area contributed by atoms with Crippen LogP contribution in [0.4, 0.5) is 10.5 Å². The molecule has 6 nitrogen and oxygen atoms in total. The number of benzene rings is 3. The summed E-state index contributed by atoms with van der Waals surface area (Å²) in [5.41, 5.74) is 2.93. The number of imide groups is 1. The van der Waals surface area contributed by atoms with E-state index in [9.17, 15) is 14.4 Å². The molecule has 3 amide bonds. The molecule has 184 valence electrons. The van der Waals surface area contributed by atoms with Crippen LogP contribution in [0.5, 0.6) is 5.75 Å². The molecule has 4 rings (SSSR count). The van der Waals surface area contributed by atoms with Crippen LogP contribution >= 0.6 is 50.9 Å². The van der Waals surface area contributed by atoms with Gasteiger partial charge in [-0.05, 0) is 71.8 Å². The lowest BCUT2D eigenvalue weighted by atomic mass is 10.2. The topological polar surface area (TPSA) is 75.7 Å². The molecular weight excluding hydrogens is 587 g/mol. The van der Waals surface area contributed by atoms with Crippen LogP contribution in [0.3, 0.4) is 0 Å². The van der Waals surface area contributed by atoms with Crippen molar-refractivity contribution in [3.8, 4) is 5.75 Å². The second kappa shape index (κ2) is 11.5. The normalized spacial score (nSPS) is 14.4. The van der Waals surface area contributed by atoms with Crippen molar-refractivity contribution in [1.82, 2.24) is 4.90 Å². The first-order chi connectivity index (χ1) is 17.2. The van der Waals surface area contributed by atoms with Gasteiger partial charge in [0.15, 0.2) is 6.61 Å². The fourth-order valence-electron chi connectivity index (χ4n) is 3.32. The summed E-state index contributed by atoms with van der Waals surface area (Å²) in [7, 11) is 0. The quantitative estimate of drug-likeness (QED) is 0.286. The Morgan fingerprint density at radius 3 is 2.58 bits per heavy atom. The Morgan fingerprint density at radius 1 is 1.08 bits per heavy atom. The van der Waals surface area contributed by atoms with Crippen LogP contribution in [0.1, 0.15) is 16.7 Å². The van der Waals surface area contributed by atoms with Crippen molar-refractivity contribution in [3.63, 3.8) is 0 Å². The maximum absolute atomic E-state index is 12.8. The number of amides is 3. The van der Waals surface area contributed by atoms with Gasteiger partial charge in [0.2, 0.25) is 0 Å². The van der Waals surface area contributed by atoms with E-state index in [1.165, 1.54) is 4.90 Å². The highest BCUT2D eigenvalue weighted by atomic mass is 79.9. The van der Waals surface area contributed by atoms with Gasteiger partial charge in [-0.2, -0.15) is 0 Å². The van der Waals surface area contributed by atoms with E-state index in [-0.39, 0.29) is 35.2 Å². The molecule has 10 heteroatoms. The van der Waals surface area contributed by atoms with Crippen LogP contribution in [0, 0.1) is 6.92 Å². The third kappa shape index (κ3) is 6.31. The van der Waals surface area contributed by atoms with Gasteiger partial charge in [0.05, 0.1) is 16.5 Å². The summed E-state index contributed by atoms with van der Waals surface area (Å²) < 4.78 is 6.37. The second-order valence-corrected chi connectivity index (χ2v) is 10.5. The number of thioether (sulfide) groups is 1. The van der Waals surface area contributed by atoms with Gasteiger partial charge in [-0.1, -0.05) is 69.5 Å². The average Bonchev–Trinajstić information content (AvgIpc) is 3.09. The third-order valence-corrected chi connectivity index (χ3v) is 7.61. The van der Waals surface area contributed by atoms with Crippen LogP contribution in [0.2, 0.25) is 10.0 Å². The summed E-state index contributed by atoms with van der Waals surface area (Å²) in [6, 6.07) is 17.6. The van der Waals surface area contributed by atoms with Crippen molar-refractivity contribution in [1.29, 1.82) is 0 Å². The van der Waals surface area contributed by atoms with Crippen LogP contribution < -0.4 is 10.1 Å². The van der Waals surface area contributed by atoms with Crippen molar-refractivity contribution < 1.29 is 19.1 Å². The van der Waals surface area contributed by atoms with Crippen LogP contribution in [-0.2, 0) is 16.1 Å². The predicted octanol–water partition coefficient (Wildman–Crippen LogP) is 7.32. The number of halogens is 3. The van der Waals surface area contributed by atoms with Gasteiger partial charge in [-0.3, -0.25) is 19.3 Å². The van der Waals surface area contributed by atoms with Crippen molar-refractivity contribution in [3.05, 3.63) is 96.8 Å². The summed E-state index contributed by atoms with van der Waals surface area (Å²) in [5.74, 6) is -0.424. The fraction of sp³-hybridized carbons (Fsp3) is 0.115. The van der Waals surface area contributed by atoms with Crippen molar-refractivity contribution in [2.45, 2.75) is 13.5 Å². The Balaban J connectivity index is 1.39. The summed E-state index contributed by atoms with van der Waals surface area (Å²) in [5, 5.41) is 3.19. The number of aryl methyl sites for hydroxylation is 1. The highest BCUT2D eigenvalue weighted by molar-refractivity contribution is 9.10. The molecule has 1 N–H and O–H groups in total. The second-order valence-electron chi connectivity index (χ2n) is 7.85. The number of hydrogen-bond acceptors (Lipinski definition) is 5. The Hall–Kier alpha value is -2.78. The van der Waals surface area contributed by atoms with E-state index < -0.39 is 0 Å². The number of rotatable bonds is 7. The number of nitrogens with one attached hydrogen (secondary N) is 1. The minimum Gasteiger partial charge on any atom is -0.482 e. The SMILES string of the molecule is Cc1ccc(NC(=O)COc2ccc(/C=C3\SC(=O)N(Cc4ccccc4Br)C3=O)cc2Cl)cc1Cl. The van der Waals surface area contributed by atoms with Gasteiger partial charge < -0.3 is 10.1 Å². The van der Waals surface area contributed by atoms with Gasteiger partial charge in [0.1, 0.15) is 5.75 Å². The fourth-order valence-corrected chi connectivity index (χ4v) is 4.99. The smallest absolute Gasteiger partial charge is 0.293 e. The van der Waals surface area contributed by atoms with E-state index in [1.807, 2.05) is 37.3 Å². The lowest BCUT2D eigenvalue weighted by Gasteiger charge is -2.13. The maximum Gasteiger partial charge on any atom is 0.293 e. The third-order valence-electron chi connectivity index (χ3n) is 5.23. The molecule has 0 aromatic heterocycles. The van der Waals surface area contributed by atoms with E-state index in [4.69, 9.17) is 27.9 Å². The Morgan fingerprint density at radius 2 is 1.86 bits per heavy atom. The molecule has 0 saturated carbocycles. The first kappa shape index (κ1) is 26.3. The van der Waals surface area contributed by atoms with E-state index in [1.54, 1.807) is 36.4 Å². The van der Waals surface area contributed by atoms with Gasteiger partial charge in [-0.25, -0.2) is 0 Å². The number of nitrogens with zero attached hydrogens (tertiary/aromatic N) is 1. The Kier molecular flexibility index (Phi) is 8.41. The molecule has 0 radical (unpaired) electrons. The molecule has 1 heterocycles. The summed E-state index contributed by atoms with van der Waals surface area (Å²) in [4.78, 5) is 39.0. The molecule has 0 aliphatic carbocycles. The van der Waals surface area contributed by atoms with Gasteiger partial charge in [0.25, 0.3) is 17.1 Å². The molecule has 1 fully saturated rings. The summed E-state index contributed by atoms with van der Waals surface area (Å²) in [6.07, 6.45) is 1.61. The van der Waals surface area contributed by atoms with E-state index in [0.717, 1.165) is 27.4 Å². The zero-order valence-corrected chi connectivity index (χ0v) is 22.8. The molecule has 0 bridgehead atoms. The number of hydrogen-bond donors (Lipinski definition) is 1. The molecule has 3 aromatic rings. The predicted molar refractivity (Wildman–Crippen MR) is 147 cm³/mol. The minimum absolute atomic E-state index is 0.174. The highest BCUT2D eigenvalue weighted by Gasteiger charge is 2.35. The Labute approximate surface area is 230 Å². The summed E-state index contributed by atoms with van der Waals surface area (Å²) >= 11 is 16.7. The van der Waals surface area contributed by atoms with Crippen molar-refractivity contribution in [2.75, 3.05) is 11.9 Å². The lowest BCUT2D eigenvalue weighted by molar-refractivity contribution is -0.123. The number of carbonyl (C=O) groups excluding carboxylic acids is 3. The molecule has 0 unspecified atom stereocenters. The molecular formula is C26H19BrCl2N2O4S. The monoisotopic (exact) mass is 604 g/mol. The first-order valence-electron chi connectivity index (χ1n) is 10.7. The number of ether oxygens (including phenoxy) is 1. The average molecular weight is 606 g/mol. The largest absolute Gasteiger partial charge is 0.482 e. The molecule has 1 saturated heterocycles. The van der Waals surface area contributed by atoms with Crippen molar-refractivity contribution >= 4 is 79.7 Å². The number of carbonyl (C=O) groups is 3. The Bertz CT molecular complexity index is 1400. The molecule has 1 aliphatic rings. The van der Waals surface area contributed by atoms with Crippen LogP contribution in [0.25, 0.3) is 6.08 Å². The van der Waals surface area contributed by atoms with Crippen molar-refractivity contribution in [2.24, 2.45) is 0 Å². The zero-order chi connectivity index (χ0) is 25.8. The standard InChI is InChI=1S/C26H19BrCl2N2O4S/c1-15-6-8-18(12-20(15)28)30-24(32)14-35-22-9-7-16(10-21(22)29)11-23-25(33)31(26(34)36-23)13-17-4-2-3-5-19(17)27/h2-12H,13-14H2,1H3,(H,30,32)/b23-11-. The minimum atomic E-state index is -0.370. The van der Waals surface area contributed by atoms with Gasteiger partial charge in [0, 0.05) is 15.2 Å². The highest BCUT2D eigenvalue weighted by Crippen LogP contribution is 2.35. The molecule has 0 atom stereocenters. The number of anilines is 1. The zero-order valence-electron chi connectivity index (χ0n) is 18.9. The lowest BCUT2D eigenvalue weighted by Crippen LogP contribution is -2.27. The summed E-state index contributed by atoms with van der Waals surface area (Å²) in [6.45, 7) is 1.80. The van der Waals surface area contributed by atoms with E-state index in [0.29, 0.717) is 26.9 Å². The molecule has 0 spiro atoms.